The first kappa shape index (κ1) is 13.8. The van der Waals surface area contributed by atoms with Crippen LogP contribution in [0.1, 0.15) is 48.7 Å². The molecular formula is C14H21N3O2. The Balaban J connectivity index is 2.01. The zero-order chi connectivity index (χ0) is 13.8. The van der Waals surface area contributed by atoms with Crippen molar-refractivity contribution in [2.75, 3.05) is 5.73 Å². The van der Waals surface area contributed by atoms with E-state index in [2.05, 4.69) is 10.3 Å². The van der Waals surface area contributed by atoms with E-state index in [0.717, 1.165) is 37.8 Å². The minimum Gasteiger partial charge on any atom is -0.393 e. The second-order valence-electron chi connectivity index (χ2n) is 5.10. The van der Waals surface area contributed by atoms with Gasteiger partial charge in [0.05, 0.1) is 6.10 Å². The zero-order valence-electron chi connectivity index (χ0n) is 11.2. The second-order valence-corrected chi connectivity index (χ2v) is 5.10. The summed E-state index contributed by atoms with van der Waals surface area (Å²) in [5, 5.41) is 12.4. The molecule has 0 saturated heterocycles. The van der Waals surface area contributed by atoms with Crippen molar-refractivity contribution in [1.82, 2.24) is 10.3 Å². The van der Waals surface area contributed by atoms with Gasteiger partial charge in [-0.25, -0.2) is 4.98 Å². The fourth-order valence-electron chi connectivity index (χ4n) is 2.41. The quantitative estimate of drug-likeness (QED) is 0.766. The number of rotatable bonds is 3. The molecule has 0 aromatic carbocycles. The lowest BCUT2D eigenvalue weighted by Crippen LogP contribution is -2.38. The summed E-state index contributed by atoms with van der Waals surface area (Å²) in [6.45, 7) is 1.98. The number of pyridine rings is 1. The van der Waals surface area contributed by atoms with Gasteiger partial charge in [0.2, 0.25) is 0 Å². The SMILES string of the molecule is CCc1cc(C(=O)NC2CCC(O)CC2)cc(N)n1. The Labute approximate surface area is 113 Å². The van der Waals surface area contributed by atoms with E-state index in [-0.39, 0.29) is 18.1 Å². The Hall–Kier alpha value is -1.62. The van der Waals surface area contributed by atoms with Crippen molar-refractivity contribution < 1.29 is 9.90 Å². The van der Waals surface area contributed by atoms with Crippen LogP contribution >= 0.6 is 0 Å². The van der Waals surface area contributed by atoms with E-state index in [1.807, 2.05) is 6.92 Å². The lowest BCUT2D eigenvalue weighted by molar-refractivity contribution is 0.0867. The molecule has 0 atom stereocenters. The summed E-state index contributed by atoms with van der Waals surface area (Å²) >= 11 is 0. The third kappa shape index (κ3) is 3.67. The van der Waals surface area contributed by atoms with Crippen LogP contribution in [0.2, 0.25) is 0 Å². The van der Waals surface area contributed by atoms with Crippen LogP contribution in [0.3, 0.4) is 0 Å². The van der Waals surface area contributed by atoms with E-state index in [9.17, 15) is 9.90 Å². The molecule has 1 aromatic heterocycles. The third-order valence-electron chi connectivity index (χ3n) is 3.55. The number of carbonyl (C=O) groups is 1. The molecule has 19 heavy (non-hydrogen) atoms. The highest BCUT2D eigenvalue weighted by atomic mass is 16.3. The standard InChI is InChI=1S/C14H21N3O2/c1-2-10-7-9(8-13(15)16-10)14(19)17-11-3-5-12(18)6-4-11/h7-8,11-12,18H,2-6H2,1H3,(H2,15,16)(H,17,19). The molecule has 0 spiro atoms. The summed E-state index contributed by atoms with van der Waals surface area (Å²) < 4.78 is 0. The first-order valence-corrected chi connectivity index (χ1v) is 6.84. The van der Waals surface area contributed by atoms with Crippen LogP contribution in [-0.4, -0.2) is 28.1 Å². The number of aliphatic hydroxyl groups excluding tert-OH is 1. The third-order valence-corrected chi connectivity index (χ3v) is 3.55. The van der Waals surface area contributed by atoms with Gasteiger partial charge in [-0.3, -0.25) is 4.79 Å². The first-order chi connectivity index (χ1) is 9.08. The Morgan fingerprint density at radius 2 is 2.11 bits per heavy atom. The van der Waals surface area contributed by atoms with Gasteiger partial charge in [-0.15, -0.1) is 0 Å². The van der Waals surface area contributed by atoms with Crippen molar-refractivity contribution in [2.24, 2.45) is 0 Å². The fourth-order valence-corrected chi connectivity index (χ4v) is 2.41. The van der Waals surface area contributed by atoms with E-state index in [1.54, 1.807) is 12.1 Å². The van der Waals surface area contributed by atoms with Gasteiger partial charge in [-0.05, 0) is 44.2 Å². The Kier molecular flexibility index (Phi) is 4.37. The molecule has 4 N–H and O–H groups in total. The number of nitrogens with one attached hydrogen (secondary N) is 1. The maximum absolute atomic E-state index is 12.2. The van der Waals surface area contributed by atoms with Crippen LogP contribution in [0, 0.1) is 0 Å². The molecule has 0 radical (unpaired) electrons. The minimum absolute atomic E-state index is 0.106. The molecular weight excluding hydrogens is 242 g/mol. The lowest BCUT2D eigenvalue weighted by Gasteiger charge is -2.26. The van der Waals surface area contributed by atoms with E-state index in [4.69, 9.17) is 5.73 Å². The molecule has 1 fully saturated rings. The van der Waals surface area contributed by atoms with Gasteiger partial charge in [0.25, 0.3) is 5.91 Å². The number of aliphatic hydroxyl groups is 1. The molecule has 0 bridgehead atoms. The maximum atomic E-state index is 12.2. The molecule has 2 rings (SSSR count). The van der Waals surface area contributed by atoms with Gasteiger partial charge in [0, 0.05) is 17.3 Å². The van der Waals surface area contributed by atoms with Crippen molar-refractivity contribution in [3.63, 3.8) is 0 Å². The normalized spacial score (nSPS) is 23.1. The van der Waals surface area contributed by atoms with Crippen molar-refractivity contribution in [1.29, 1.82) is 0 Å². The number of hydrogen-bond acceptors (Lipinski definition) is 4. The van der Waals surface area contributed by atoms with Crippen LogP contribution in [0.15, 0.2) is 12.1 Å². The number of aromatic nitrogens is 1. The summed E-state index contributed by atoms with van der Waals surface area (Å²) in [6.07, 6.45) is 3.70. The summed E-state index contributed by atoms with van der Waals surface area (Å²) in [5.74, 6) is 0.272. The van der Waals surface area contributed by atoms with Crippen LogP contribution in [0.25, 0.3) is 0 Å². The van der Waals surface area contributed by atoms with Crippen molar-refractivity contribution in [2.45, 2.75) is 51.2 Å². The molecule has 1 amide bonds. The molecule has 1 aliphatic rings. The molecule has 5 nitrogen and oxygen atoms in total. The number of nitrogens with two attached hydrogens (primary N) is 1. The monoisotopic (exact) mass is 263 g/mol. The van der Waals surface area contributed by atoms with Gasteiger partial charge >= 0.3 is 0 Å². The number of nitrogen functional groups attached to an aromatic ring is 1. The average Bonchev–Trinajstić information content (AvgIpc) is 2.40. The van der Waals surface area contributed by atoms with Crippen molar-refractivity contribution in [3.05, 3.63) is 23.4 Å². The summed E-state index contributed by atoms with van der Waals surface area (Å²) in [5.41, 5.74) is 7.09. The van der Waals surface area contributed by atoms with Gasteiger partial charge < -0.3 is 16.2 Å². The number of carbonyl (C=O) groups excluding carboxylic acids is 1. The van der Waals surface area contributed by atoms with E-state index >= 15 is 0 Å². The van der Waals surface area contributed by atoms with Crippen LogP contribution in [-0.2, 0) is 6.42 Å². The molecule has 104 valence electrons. The smallest absolute Gasteiger partial charge is 0.251 e. The molecule has 1 saturated carbocycles. The van der Waals surface area contributed by atoms with E-state index in [1.165, 1.54) is 0 Å². The average molecular weight is 263 g/mol. The number of aryl methyl sites for hydroxylation is 1. The highest BCUT2D eigenvalue weighted by Crippen LogP contribution is 2.19. The van der Waals surface area contributed by atoms with E-state index in [0.29, 0.717) is 11.4 Å². The number of amides is 1. The molecule has 1 aromatic rings. The highest BCUT2D eigenvalue weighted by molar-refractivity contribution is 5.95. The highest BCUT2D eigenvalue weighted by Gasteiger charge is 2.21. The topological polar surface area (TPSA) is 88.2 Å². The van der Waals surface area contributed by atoms with Gasteiger partial charge in [-0.2, -0.15) is 0 Å². The molecule has 1 heterocycles. The summed E-state index contributed by atoms with van der Waals surface area (Å²) in [4.78, 5) is 16.3. The van der Waals surface area contributed by atoms with E-state index < -0.39 is 0 Å². The largest absolute Gasteiger partial charge is 0.393 e. The second kappa shape index (κ2) is 6.02. The number of anilines is 1. The van der Waals surface area contributed by atoms with Gasteiger partial charge in [0.1, 0.15) is 5.82 Å². The Bertz CT molecular complexity index is 454. The van der Waals surface area contributed by atoms with Crippen molar-refractivity contribution in [3.8, 4) is 0 Å². The fraction of sp³-hybridized carbons (Fsp3) is 0.571. The molecule has 1 aliphatic carbocycles. The van der Waals surface area contributed by atoms with Gasteiger partial charge in [0.15, 0.2) is 0 Å². The lowest BCUT2D eigenvalue weighted by atomic mass is 9.93. The van der Waals surface area contributed by atoms with Crippen molar-refractivity contribution >= 4 is 11.7 Å². The Morgan fingerprint density at radius 1 is 1.42 bits per heavy atom. The number of hydrogen-bond donors (Lipinski definition) is 3. The predicted octanol–water partition coefficient (Wildman–Crippen LogP) is 1.26. The zero-order valence-corrected chi connectivity index (χ0v) is 11.2. The molecule has 5 heteroatoms. The predicted molar refractivity (Wildman–Crippen MR) is 73.8 cm³/mol. The van der Waals surface area contributed by atoms with Crippen LogP contribution in [0.5, 0.6) is 0 Å². The first-order valence-electron chi connectivity index (χ1n) is 6.84. The summed E-state index contributed by atoms with van der Waals surface area (Å²) in [6, 6.07) is 3.53. The molecule has 0 aliphatic heterocycles. The Morgan fingerprint density at radius 3 is 2.74 bits per heavy atom. The summed E-state index contributed by atoms with van der Waals surface area (Å²) in [7, 11) is 0. The van der Waals surface area contributed by atoms with Gasteiger partial charge in [-0.1, -0.05) is 6.92 Å². The molecule has 0 unspecified atom stereocenters. The minimum atomic E-state index is -0.212. The van der Waals surface area contributed by atoms with Crippen LogP contribution < -0.4 is 11.1 Å². The maximum Gasteiger partial charge on any atom is 0.251 e. The number of nitrogens with zero attached hydrogens (tertiary/aromatic N) is 1. The van der Waals surface area contributed by atoms with Crippen LogP contribution in [0.4, 0.5) is 5.82 Å².